The van der Waals surface area contributed by atoms with Crippen LogP contribution in [0.15, 0.2) is 18.2 Å². The number of Topliss-reactive ketones (excluding diaryl/α,β-unsaturated/α-hetero) is 1. The highest BCUT2D eigenvalue weighted by Crippen LogP contribution is 2.32. The van der Waals surface area contributed by atoms with Crippen LogP contribution < -0.4 is 14.8 Å². The first-order chi connectivity index (χ1) is 8.22. The Morgan fingerprint density at radius 3 is 2.65 bits per heavy atom. The number of likely N-dealkylation sites (N-methyl/N-ethyl adjacent to an activating group) is 1. The SMILES string of the molecule is CNC(C(C)=O)c1ccc2c(c1)OCCCO2. The highest BCUT2D eigenvalue weighted by atomic mass is 16.5. The van der Waals surface area contributed by atoms with Gasteiger partial charge >= 0.3 is 0 Å². The maximum atomic E-state index is 11.5. The molecule has 4 heteroatoms. The summed E-state index contributed by atoms with van der Waals surface area (Å²) in [7, 11) is 1.77. The summed E-state index contributed by atoms with van der Waals surface area (Å²) in [5, 5.41) is 2.99. The van der Waals surface area contributed by atoms with Gasteiger partial charge in [-0.15, -0.1) is 0 Å². The number of ketones is 1. The summed E-state index contributed by atoms with van der Waals surface area (Å²) in [5.74, 6) is 1.56. The Balaban J connectivity index is 2.31. The molecule has 0 saturated heterocycles. The third-order valence-electron chi connectivity index (χ3n) is 2.80. The molecule has 1 aromatic carbocycles. The zero-order chi connectivity index (χ0) is 12.3. The minimum Gasteiger partial charge on any atom is -0.490 e. The number of ether oxygens (including phenoxy) is 2. The zero-order valence-electron chi connectivity index (χ0n) is 10.2. The van der Waals surface area contributed by atoms with Crippen LogP contribution in [0.4, 0.5) is 0 Å². The lowest BCUT2D eigenvalue weighted by molar-refractivity contribution is -0.119. The fraction of sp³-hybridized carbons (Fsp3) is 0.462. The van der Waals surface area contributed by atoms with Crippen molar-refractivity contribution in [2.45, 2.75) is 19.4 Å². The summed E-state index contributed by atoms with van der Waals surface area (Å²) in [6.07, 6.45) is 0.881. The van der Waals surface area contributed by atoms with Crippen molar-refractivity contribution in [2.75, 3.05) is 20.3 Å². The van der Waals surface area contributed by atoms with E-state index in [1.807, 2.05) is 18.2 Å². The number of carbonyl (C=O) groups is 1. The topological polar surface area (TPSA) is 47.6 Å². The molecule has 0 amide bonds. The molecule has 0 saturated carbocycles. The van der Waals surface area contributed by atoms with Crippen molar-refractivity contribution in [1.82, 2.24) is 5.32 Å². The lowest BCUT2D eigenvalue weighted by atomic mass is 10.0. The summed E-state index contributed by atoms with van der Waals surface area (Å²) >= 11 is 0. The van der Waals surface area contributed by atoms with Gasteiger partial charge in [0.2, 0.25) is 0 Å². The first-order valence-corrected chi connectivity index (χ1v) is 5.79. The van der Waals surface area contributed by atoms with Crippen molar-refractivity contribution in [3.8, 4) is 11.5 Å². The average Bonchev–Trinajstić information content (AvgIpc) is 2.54. The molecule has 1 aliphatic rings. The molecule has 0 aromatic heterocycles. The predicted octanol–water partition coefficient (Wildman–Crippen LogP) is 1.70. The maximum absolute atomic E-state index is 11.5. The second-order valence-electron chi connectivity index (χ2n) is 4.09. The van der Waals surface area contributed by atoms with Gasteiger partial charge < -0.3 is 14.8 Å². The molecule has 1 atom stereocenters. The first-order valence-electron chi connectivity index (χ1n) is 5.79. The van der Waals surface area contributed by atoms with Crippen LogP contribution in [0.1, 0.15) is 24.9 Å². The van der Waals surface area contributed by atoms with Gasteiger partial charge in [0, 0.05) is 6.42 Å². The Morgan fingerprint density at radius 2 is 2.00 bits per heavy atom. The Bertz CT molecular complexity index is 417. The lowest BCUT2D eigenvalue weighted by Crippen LogP contribution is -2.23. The van der Waals surface area contributed by atoms with E-state index in [1.165, 1.54) is 0 Å². The van der Waals surface area contributed by atoms with Crippen molar-refractivity contribution < 1.29 is 14.3 Å². The van der Waals surface area contributed by atoms with Crippen molar-refractivity contribution in [1.29, 1.82) is 0 Å². The van der Waals surface area contributed by atoms with E-state index in [2.05, 4.69) is 5.32 Å². The van der Waals surface area contributed by atoms with Crippen molar-refractivity contribution in [2.24, 2.45) is 0 Å². The van der Waals surface area contributed by atoms with Crippen LogP contribution >= 0.6 is 0 Å². The highest BCUT2D eigenvalue weighted by Gasteiger charge is 2.17. The third-order valence-corrected chi connectivity index (χ3v) is 2.80. The maximum Gasteiger partial charge on any atom is 0.161 e. The van der Waals surface area contributed by atoms with E-state index >= 15 is 0 Å². The number of nitrogens with one attached hydrogen (secondary N) is 1. The summed E-state index contributed by atoms with van der Waals surface area (Å²) in [5.41, 5.74) is 0.907. The minimum atomic E-state index is -0.285. The van der Waals surface area contributed by atoms with Gasteiger partial charge in [-0.2, -0.15) is 0 Å². The molecule has 1 aromatic rings. The van der Waals surface area contributed by atoms with Crippen LogP contribution in [0, 0.1) is 0 Å². The largest absolute Gasteiger partial charge is 0.490 e. The van der Waals surface area contributed by atoms with Gasteiger partial charge in [0.15, 0.2) is 17.3 Å². The van der Waals surface area contributed by atoms with Crippen LogP contribution in [0.3, 0.4) is 0 Å². The van der Waals surface area contributed by atoms with Crippen LogP contribution in [0.5, 0.6) is 11.5 Å². The average molecular weight is 235 g/mol. The molecule has 0 fully saturated rings. The van der Waals surface area contributed by atoms with E-state index in [0.717, 1.165) is 23.5 Å². The molecule has 0 bridgehead atoms. The molecule has 2 rings (SSSR count). The molecule has 0 radical (unpaired) electrons. The lowest BCUT2D eigenvalue weighted by Gasteiger charge is -2.15. The minimum absolute atomic E-state index is 0.0852. The van der Waals surface area contributed by atoms with Gasteiger partial charge in [-0.25, -0.2) is 0 Å². The number of hydrogen-bond donors (Lipinski definition) is 1. The molecule has 1 heterocycles. The third kappa shape index (κ3) is 2.58. The molecular formula is C13H17NO3. The Labute approximate surface area is 101 Å². The summed E-state index contributed by atoms with van der Waals surface area (Å²) in [4.78, 5) is 11.5. The van der Waals surface area contributed by atoms with Crippen LogP contribution in [0.2, 0.25) is 0 Å². The smallest absolute Gasteiger partial charge is 0.161 e. The monoisotopic (exact) mass is 235 g/mol. The quantitative estimate of drug-likeness (QED) is 0.866. The summed E-state index contributed by atoms with van der Waals surface area (Å²) in [6, 6.07) is 5.36. The highest BCUT2D eigenvalue weighted by molar-refractivity contribution is 5.83. The fourth-order valence-corrected chi connectivity index (χ4v) is 1.96. The van der Waals surface area contributed by atoms with Gasteiger partial charge in [-0.1, -0.05) is 6.07 Å². The molecule has 17 heavy (non-hydrogen) atoms. The molecule has 0 aliphatic carbocycles. The van der Waals surface area contributed by atoms with Crippen LogP contribution in [-0.2, 0) is 4.79 Å². The number of rotatable bonds is 3. The van der Waals surface area contributed by atoms with E-state index in [1.54, 1.807) is 14.0 Å². The second-order valence-corrected chi connectivity index (χ2v) is 4.09. The van der Waals surface area contributed by atoms with Crippen LogP contribution in [0.25, 0.3) is 0 Å². The zero-order valence-corrected chi connectivity index (χ0v) is 10.2. The fourth-order valence-electron chi connectivity index (χ4n) is 1.96. The van der Waals surface area contributed by atoms with Gasteiger partial charge in [-0.05, 0) is 31.7 Å². The predicted molar refractivity (Wildman–Crippen MR) is 64.5 cm³/mol. The number of hydrogen-bond acceptors (Lipinski definition) is 4. The molecule has 4 nitrogen and oxygen atoms in total. The van der Waals surface area contributed by atoms with E-state index in [0.29, 0.717) is 13.2 Å². The number of carbonyl (C=O) groups excluding carboxylic acids is 1. The molecular weight excluding hydrogens is 218 g/mol. The van der Waals surface area contributed by atoms with E-state index in [-0.39, 0.29) is 11.8 Å². The van der Waals surface area contributed by atoms with Gasteiger partial charge in [0.1, 0.15) is 0 Å². The Kier molecular flexibility index (Phi) is 3.64. The van der Waals surface area contributed by atoms with Crippen LogP contribution in [-0.4, -0.2) is 26.0 Å². The molecule has 1 unspecified atom stereocenters. The van der Waals surface area contributed by atoms with Crippen molar-refractivity contribution in [3.63, 3.8) is 0 Å². The molecule has 1 N–H and O–H groups in total. The van der Waals surface area contributed by atoms with Crippen molar-refractivity contribution >= 4 is 5.78 Å². The molecule has 92 valence electrons. The van der Waals surface area contributed by atoms with E-state index in [9.17, 15) is 4.79 Å². The van der Waals surface area contributed by atoms with Gasteiger partial charge in [0.25, 0.3) is 0 Å². The van der Waals surface area contributed by atoms with E-state index < -0.39 is 0 Å². The summed E-state index contributed by atoms with van der Waals surface area (Å²) < 4.78 is 11.1. The standard InChI is InChI=1S/C13H17NO3/c1-9(15)13(14-2)10-4-5-11-12(8-10)17-7-3-6-16-11/h4-5,8,13-14H,3,6-7H2,1-2H3. The molecule has 0 spiro atoms. The number of benzene rings is 1. The Morgan fingerprint density at radius 1 is 1.29 bits per heavy atom. The van der Waals surface area contributed by atoms with Crippen molar-refractivity contribution in [3.05, 3.63) is 23.8 Å². The Hall–Kier alpha value is -1.55. The van der Waals surface area contributed by atoms with E-state index in [4.69, 9.17) is 9.47 Å². The summed E-state index contributed by atoms with van der Waals surface area (Å²) in [6.45, 7) is 2.90. The van der Waals surface area contributed by atoms with Gasteiger partial charge in [0.05, 0.1) is 19.3 Å². The second kappa shape index (κ2) is 5.19. The van der Waals surface area contributed by atoms with Gasteiger partial charge in [-0.3, -0.25) is 4.79 Å². The number of fused-ring (bicyclic) bond motifs is 1. The normalized spacial score (nSPS) is 16.1. The first kappa shape index (κ1) is 11.9. The molecule has 1 aliphatic heterocycles.